The Morgan fingerprint density at radius 2 is 1.85 bits per heavy atom. The molecule has 1 aromatic rings. The van der Waals surface area contributed by atoms with Gasteiger partial charge in [0.15, 0.2) is 11.5 Å². The van der Waals surface area contributed by atoms with E-state index in [0.717, 1.165) is 31.0 Å². The number of nitrogens with one attached hydrogen (secondary N) is 1. The zero-order valence-electron chi connectivity index (χ0n) is 13.5. The Hall–Kier alpha value is -1.22. The predicted molar refractivity (Wildman–Crippen MR) is 84.5 cm³/mol. The summed E-state index contributed by atoms with van der Waals surface area (Å²) in [6.07, 6.45) is 1.20. The first kappa shape index (κ1) is 16.8. The minimum Gasteiger partial charge on any atom is -0.490 e. The van der Waals surface area contributed by atoms with Gasteiger partial charge < -0.3 is 14.8 Å². The van der Waals surface area contributed by atoms with E-state index in [0.29, 0.717) is 12.5 Å². The summed E-state index contributed by atoms with van der Waals surface area (Å²) >= 11 is 0. The SMILES string of the molecule is CCOc1cc(CNCC(C)C)ccc1OC(C)CC. The lowest BCUT2D eigenvalue weighted by Crippen LogP contribution is -2.19. The summed E-state index contributed by atoms with van der Waals surface area (Å²) in [5.41, 5.74) is 1.23. The molecule has 0 aliphatic heterocycles. The van der Waals surface area contributed by atoms with E-state index < -0.39 is 0 Å². The first-order valence-corrected chi connectivity index (χ1v) is 7.69. The molecule has 20 heavy (non-hydrogen) atoms. The average Bonchev–Trinajstić information content (AvgIpc) is 2.41. The highest BCUT2D eigenvalue weighted by Crippen LogP contribution is 2.29. The van der Waals surface area contributed by atoms with Gasteiger partial charge in [0.2, 0.25) is 0 Å². The van der Waals surface area contributed by atoms with Crippen LogP contribution in [0, 0.1) is 5.92 Å². The van der Waals surface area contributed by atoms with E-state index in [4.69, 9.17) is 9.47 Å². The molecule has 1 N–H and O–H groups in total. The molecule has 114 valence electrons. The van der Waals surface area contributed by atoms with Gasteiger partial charge in [-0.15, -0.1) is 0 Å². The van der Waals surface area contributed by atoms with Gasteiger partial charge in [-0.25, -0.2) is 0 Å². The molecule has 0 fully saturated rings. The Morgan fingerprint density at radius 1 is 1.10 bits per heavy atom. The summed E-state index contributed by atoms with van der Waals surface area (Å²) in [6.45, 7) is 13.2. The summed E-state index contributed by atoms with van der Waals surface area (Å²) < 4.78 is 11.6. The van der Waals surface area contributed by atoms with Crippen LogP contribution < -0.4 is 14.8 Å². The zero-order chi connectivity index (χ0) is 15.0. The van der Waals surface area contributed by atoms with Crippen LogP contribution in [0.15, 0.2) is 18.2 Å². The van der Waals surface area contributed by atoms with Gasteiger partial charge >= 0.3 is 0 Å². The third kappa shape index (κ3) is 5.83. The first-order valence-electron chi connectivity index (χ1n) is 7.69. The molecule has 0 aliphatic carbocycles. The Bertz CT molecular complexity index is 391. The largest absolute Gasteiger partial charge is 0.490 e. The van der Waals surface area contributed by atoms with Crippen molar-refractivity contribution in [2.75, 3.05) is 13.2 Å². The quantitative estimate of drug-likeness (QED) is 0.741. The normalized spacial score (nSPS) is 12.5. The summed E-state index contributed by atoms with van der Waals surface area (Å²) in [4.78, 5) is 0. The number of hydrogen-bond donors (Lipinski definition) is 1. The lowest BCUT2D eigenvalue weighted by molar-refractivity contribution is 0.203. The van der Waals surface area contributed by atoms with Crippen molar-refractivity contribution in [1.29, 1.82) is 0 Å². The van der Waals surface area contributed by atoms with Crippen LogP contribution in [0.5, 0.6) is 11.5 Å². The molecule has 0 aromatic heterocycles. The minimum absolute atomic E-state index is 0.208. The highest BCUT2D eigenvalue weighted by molar-refractivity contribution is 5.43. The second-order valence-electron chi connectivity index (χ2n) is 5.58. The summed E-state index contributed by atoms with van der Waals surface area (Å²) in [5, 5.41) is 3.45. The Balaban J connectivity index is 2.72. The van der Waals surface area contributed by atoms with Gasteiger partial charge in [0.1, 0.15) is 0 Å². The van der Waals surface area contributed by atoms with Crippen molar-refractivity contribution in [1.82, 2.24) is 5.32 Å². The molecule has 0 heterocycles. The maximum atomic E-state index is 5.90. The first-order chi connectivity index (χ1) is 9.56. The van der Waals surface area contributed by atoms with Gasteiger partial charge in [-0.1, -0.05) is 26.8 Å². The van der Waals surface area contributed by atoms with Crippen molar-refractivity contribution in [2.24, 2.45) is 5.92 Å². The lowest BCUT2D eigenvalue weighted by Gasteiger charge is -2.17. The topological polar surface area (TPSA) is 30.5 Å². The van der Waals surface area contributed by atoms with Gasteiger partial charge in [-0.05, 0) is 50.4 Å². The summed E-state index contributed by atoms with van der Waals surface area (Å²) in [5.74, 6) is 2.35. The van der Waals surface area contributed by atoms with E-state index >= 15 is 0 Å². The molecule has 1 unspecified atom stereocenters. The maximum Gasteiger partial charge on any atom is 0.161 e. The standard InChI is InChI=1S/C17H29NO2/c1-6-14(5)20-16-9-8-15(10-17(16)19-7-2)12-18-11-13(3)4/h8-10,13-14,18H,6-7,11-12H2,1-5H3. The fraction of sp³-hybridized carbons (Fsp3) is 0.647. The number of rotatable bonds is 9. The summed E-state index contributed by atoms with van der Waals surface area (Å²) in [7, 11) is 0. The Kier molecular flexibility index (Phi) is 7.45. The molecular weight excluding hydrogens is 250 g/mol. The Labute approximate surface area is 123 Å². The lowest BCUT2D eigenvalue weighted by atomic mass is 10.1. The highest BCUT2D eigenvalue weighted by Gasteiger charge is 2.09. The van der Waals surface area contributed by atoms with E-state index in [-0.39, 0.29) is 6.10 Å². The van der Waals surface area contributed by atoms with Crippen molar-refractivity contribution in [2.45, 2.75) is 53.7 Å². The zero-order valence-corrected chi connectivity index (χ0v) is 13.5. The Morgan fingerprint density at radius 3 is 2.45 bits per heavy atom. The molecule has 1 aromatic carbocycles. The number of benzene rings is 1. The average molecular weight is 279 g/mol. The van der Waals surface area contributed by atoms with Crippen molar-refractivity contribution < 1.29 is 9.47 Å². The van der Waals surface area contributed by atoms with Gasteiger partial charge in [0, 0.05) is 6.54 Å². The molecule has 3 heteroatoms. The van der Waals surface area contributed by atoms with Crippen LogP contribution in [-0.4, -0.2) is 19.3 Å². The van der Waals surface area contributed by atoms with Gasteiger partial charge in [-0.3, -0.25) is 0 Å². The second kappa shape index (κ2) is 8.85. The van der Waals surface area contributed by atoms with Gasteiger partial charge in [0.05, 0.1) is 12.7 Å². The molecule has 0 bridgehead atoms. The second-order valence-corrected chi connectivity index (χ2v) is 5.58. The van der Waals surface area contributed by atoms with E-state index in [2.05, 4.69) is 45.1 Å². The molecule has 0 saturated carbocycles. The fourth-order valence-corrected chi connectivity index (χ4v) is 1.83. The third-order valence-electron chi connectivity index (χ3n) is 3.09. The third-order valence-corrected chi connectivity index (χ3v) is 3.09. The monoisotopic (exact) mass is 279 g/mol. The predicted octanol–water partition coefficient (Wildman–Crippen LogP) is 4.01. The van der Waals surface area contributed by atoms with Gasteiger partial charge in [-0.2, -0.15) is 0 Å². The van der Waals surface area contributed by atoms with Crippen LogP contribution in [0.3, 0.4) is 0 Å². The smallest absolute Gasteiger partial charge is 0.161 e. The van der Waals surface area contributed by atoms with E-state index in [1.165, 1.54) is 5.56 Å². The van der Waals surface area contributed by atoms with Crippen LogP contribution in [-0.2, 0) is 6.54 Å². The van der Waals surface area contributed by atoms with Crippen molar-refractivity contribution in [3.8, 4) is 11.5 Å². The maximum absolute atomic E-state index is 5.90. The minimum atomic E-state index is 0.208. The molecule has 0 radical (unpaired) electrons. The molecular formula is C17H29NO2. The molecule has 1 rings (SSSR count). The van der Waals surface area contributed by atoms with E-state index in [1.54, 1.807) is 0 Å². The number of ether oxygens (including phenoxy) is 2. The molecule has 0 spiro atoms. The van der Waals surface area contributed by atoms with E-state index in [9.17, 15) is 0 Å². The van der Waals surface area contributed by atoms with Gasteiger partial charge in [0.25, 0.3) is 0 Å². The molecule has 0 saturated heterocycles. The highest BCUT2D eigenvalue weighted by atomic mass is 16.5. The molecule has 3 nitrogen and oxygen atoms in total. The van der Waals surface area contributed by atoms with Crippen LogP contribution in [0.1, 0.15) is 46.6 Å². The van der Waals surface area contributed by atoms with Crippen LogP contribution in [0.25, 0.3) is 0 Å². The van der Waals surface area contributed by atoms with Crippen LogP contribution in [0.4, 0.5) is 0 Å². The van der Waals surface area contributed by atoms with Crippen LogP contribution >= 0.6 is 0 Å². The fourth-order valence-electron chi connectivity index (χ4n) is 1.83. The van der Waals surface area contributed by atoms with Crippen LogP contribution in [0.2, 0.25) is 0 Å². The van der Waals surface area contributed by atoms with E-state index in [1.807, 2.05) is 13.0 Å². The molecule has 1 atom stereocenters. The molecule has 0 amide bonds. The summed E-state index contributed by atoms with van der Waals surface area (Å²) in [6, 6.07) is 6.20. The molecule has 0 aliphatic rings. The van der Waals surface area contributed by atoms with Crippen molar-refractivity contribution >= 4 is 0 Å². The van der Waals surface area contributed by atoms with Crippen molar-refractivity contribution in [3.05, 3.63) is 23.8 Å². The number of hydrogen-bond acceptors (Lipinski definition) is 3. The van der Waals surface area contributed by atoms with Crippen molar-refractivity contribution in [3.63, 3.8) is 0 Å².